The number of benzene rings is 2. The Morgan fingerprint density at radius 1 is 1.15 bits per heavy atom. The molecule has 0 spiro atoms. The standard InChI is InChI=1S/C22H20N2O2S/c1-14(16-9-8-15(12-23)17-6-4-5-7-18(16)17)19-13-24-11-10-20(19)27-22(2,3)21(25)26/h4-11,13-14H,1-3H3,(H,25,26). The van der Waals surface area contributed by atoms with Crippen molar-refractivity contribution in [3.8, 4) is 6.07 Å². The van der Waals surface area contributed by atoms with Crippen LogP contribution in [0.3, 0.4) is 0 Å². The van der Waals surface area contributed by atoms with Gasteiger partial charge in [0.05, 0.1) is 11.6 Å². The lowest BCUT2D eigenvalue weighted by molar-refractivity contribution is -0.138. The van der Waals surface area contributed by atoms with Gasteiger partial charge in [0, 0.05) is 23.2 Å². The lowest BCUT2D eigenvalue weighted by Crippen LogP contribution is -2.27. The molecule has 27 heavy (non-hydrogen) atoms. The highest BCUT2D eigenvalue weighted by atomic mass is 32.2. The summed E-state index contributed by atoms with van der Waals surface area (Å²) in [4.78, 5) is 16.7. The number of nitriles is 1. The first-order valence-electron chi connectivity index (χ1n) is 8.63. The minimum atomic E-state index is -0.942. The van der Waals surface area contributed by atoms with Crippen molar-refractivity contribution in [1.29, 1.82) is 5.26 Å². The second-order valence-corrected chi connectivity index (χ2v) is 8.58. The second-order valence-electron chi connectivity index (χ2n) is 6.91. The molecule has 1 unspecified atom stereocenters. The number of hydrogen-bond donors (Lipinski definition) is 1. The lowest BCUT2D eigenvalue weighted by Gasteiger charge is -2.23. The van der Waals surface area contributed by atoms with Gasteiger partial charge in [0.1, 0.15) is 4.75 Å². The van der Waals surface area contributed by atoms with Crippen LogP contribution in [0, 0.1) is 11.3 Å². The van der Waals surface area contributed by atoms with Gasteiger partial charge in [0.15, 0.2) is 0 Å². The third-order valence-corrected chi connectivity index (χ3v) is 5.98. The zero-order valence-electron chi connectivity index (χ0n) is 15.4. The van der Waals surface area contributed by atoms with Crippen molar-refractivity contribution >= 4 is 28.5 Å². The smallest absolute Gasteiger partial charge is 0.319 e. The Labute approximate surface area is 162 Å². The van der Waals surface area contributed by atoms with Gasteiger partial charge in [-0.25, -0.2) is 0 Å². The molecule has 3 aromatic rings. The Balaban J connectivity index is 2.11. The van der Waals surface area contributed by atoms with E-state index >= 15 is 0 Å². The van der Waals surface area contributed by atoms with Crippen LogP contribution >= 0.6 is 11.8 Å². The summed E-state index contributed by atoms with van der Waals surface area (Å²) in [6, 6.07) is 15.8. The van der Waals surface area contributed by atoms with Gasteiger partial charge in [-0.1, -0.05) is 37.3 Å². The molecule has 1 atom stereocenters. The minimum Gasteiger partial charge on any atom is -0.480 e. The van der Waals surface area contributed by atoms with Crippen LogP contribution < -0.4 is 0 Å². The first-order chi connectivity index (χ1) is 12.8. The molecule has 2 aromatic carbocycles. The Morgan fingerprint density at radius 2 is 1.85 bits per heavy atom. The summed E-state index contributed by atoms with van der Waals surface area (Å²) in [6.45, 7) is 5.49. The number of thioether (sulfide) groups is 1. The molecule has 0 saturated heterocycles. The average molecular weight is 376 g/mol. The molecular formula is C22H20N2O2S. The maximum atomic E-state index is 11.6. The van der Waals surface area contributed by atoms with Gasteiger partial charge in [-0.05, 0) is 47.9 Å². The van der Waals surface area contributed by atoms with E-state index in [0.717, 1.165) is 26.8 Å². The molecule has 0 aliphatic rings. The van der Waals surface area contributed by atoms with Crippen molar-refractivity contribution in [2.45, 2.75) is 36.3 Å². The van der Waals surface area contributed by atoms with Crippen LogP contribution in [-0.2, 0) is 4.79 Å². The predicted molar refractivity (Wildman–Crippen MR) is 108 cm³/mol. The van der Waals surface area contributed by atoms with Crippen molar-refractivity contribution in [3.63, 3.8) is 0 Å². The highest BCUT2D eigenvalue weighted by Gasteiger charge is 2.30. The molecule has 0 saturated carbocycles. The summed E-state index contributed by atoms with van der Waals surface area (Å²) < 4.78 is -0.942. The van der Waals surface area contributed by atoms with Crippen LogP contribution in [0.5, 0.6) is 0 Å². The molecule has 136 valence electrons. The van der Waals surface area contributed by atoms with Crippen LogP contribution in [0.2, 0.25) is 0 Å². The molecular weight excluding hydrogens is 356 g/mol. The molecule has 0 fully saturated rings. The third-order valence-electron chi connectivity index (χ3n) is 4.70. The molecule has 4 nitrogen and oxygen atoms in total. The van der Waals surface area contributed by atoms with Crippen molar-refractivity contribution in [2.75, 3.05) is 0 Å². The summed E-state index contributed by atoms with van der Waals surface area (Å²) in [5.74, 6) is -0.852. The fourth-order valence-corrected chi connectivity index (χ4v) is 4.21. The minimum absolute atomic E-state index is 0.00318. The molecule has 1 aromatic heterocycles. The van der Waals surface area contributed by atoms with Crippen LogP contribution in [-0.4, -0.2) is 20.8 Å². The molecule has 0 radical (unpaired) electrons. The topological polar surface area (TPSA) is 74.0 Å². The monoisotopic (exact) mass is 376 g/mol. The Morgan fingerprint density at radius 3 is 2.52 bits per heavy atom. The van der Waals surface area contributed by atoms with Crippen molar-refractivity contribution in [1.82, 2.24) is 4.98 Å². The normalized spacial score (nSPS) is 12.5. The summed E-state index contributed by atoms with van der Waals surface area (Å²) in [6.07, 6.45) is 3.49. The Kier molecular flexibility index (Phi) is 5.20. The Bertz CT molecular complexity index is 1050. The largest absolute Gasteiger partial charge is 0.480 e. The molecule has 0 aliphatic heterocycles. The zero-order chi connectivity index (χ0) is 19.6. The number of carboxylic acids is 1. The predicted octanol–water partition coefficient (Wildman–Crippen LogP) is 5.21. The second kappa shape index (κ2) is 7.42. The van der Waals surface area contributed by atoms with Crippen LogP contribution in [0.4, 0.5) is 0 Å². The van der Waals surface area contributed by atoms with Gasteiger partial charge in [-0.3, -0.25) is 9.78 Å². The fourth-order valence-electron chi connectivity index (χ4n) is 3.10. The summed E-state index contributed by atoms with van der Waals surface area (Å²) in [5.41, 5.74) is 2.72. The number of pyridine rings is 1. The molecule has 3 rings (SSSR count). The van der Waals surface area contributed by atoms with Gasteiger partial charge in [0.2, 0.25) is 0 Å². The highest BCUT2D eigenvalue weighted by molar-refractivity contribution is 8.01. The summed E-state index contributed by atoms with van der Waals surface area (Å²) in [5, 5.41) is 20.8. The van der Waals surface area contributed by atoms with E-state index < -0.39 is 10.7 Å². The molecule has 1 N–H and O–H groups in total. The molecule has 0 amide bonds. The number of hydrogen-bond acceptors (Lipinski definition) is 4. The molecule has 0 bridgehead atoms. The van der Waals surface area contributed by atoms with Gasteiger partial charge in [0.25, 0.3) is 0 Å². The lowest BCUT2D eigenvalue weighted by atomic mass is 9.88. The number of aromatic nitrogens is 1. The van der Waals surface area contributed by atoms with E-state index in [1.165, 1.54) is 11.8 Å². The number of rotatable bonds is 5. The van der Waals surface area contributed by atoms with E-state index in [2.05, 4.69) is 18.0 Å². The van der Waals surface area contributed by atoms with E-state index in [1.807, 2.05) is 42.5 Å². The number of aliphatic carboxylic acids is 1. The quantitative estimate of drug-likeness (QED) is 0.619. The fraction of sp³-hybridized carbons (Fsp3) is 0.227. The Hall–Kier alpha value is -2.84. The van der Waals surface area contributed by atoms with Gasteiger partial charge in [-0.2, -0.15) is 5.26 Å². The van der Waals surface area contributed by atoms with E-state index in [0.29, 0.717) is 5.56 Å². The van der Waals surface area contributed by atoms with Gasteiger partial charge >= 0.3 is 5.97 Å². The highest BCUT2D eigenvalue weighted by Crippen LogP contribution is 2.40. The molecule has 5 heteroatoms. The van der Waals surface area contributed by atoms with Crippen molar-refractivity contribution in [2.24, 2.45) is 0 Å². The number of carbonyl (C=O) groups is 1. The van der Waals surface area contributed by atoms with E-state index in [4.69, 9.17) is 0 Å². The van der Waals surface area contributed by atoms with Crippen LogP contribution in [0.1, 0.15) is 43.4 Å². The van der Waals surface area contributed by atoms with Gasteiger partial charge < -0.3 is 5.11 Å². The SMILES string of the molecule is CC(c1cnccc1SC(C)(C)C(=O)O)c1ccc(C#N)c2ccccc12. The van der Waals surface area contributed by atoms with Gasteiger partial charge in [-0.15, -0.1) is 11.8 Å². The maximum Gasteiger partial charge on any atom is 0.319 e. The van der Waals surface area contributed by atoms with Crippen molar-refractivity contribution < 1.29 is 9.90 Å². The van der Waals surface area contributed by atoms with E-state index in [1.54, 1.807) is 26.2 Å². The maximum absolute atomic E-state index is 11.6. The van der Waals surface area contributed by atoms with E-state index in [9.17, 15) is 15.2 Å². The zero-order valence-corrected chi connectivity index (χ0v) is 16.2. The number of carboxylic acid groups (broad SMARTS) is 1. The van der Waals surface area contributed by atoms with E-state index in [-0.39, 0.29) is 5.92 Å². The third kappa shape index (κ3) is 3.67. The van der Waals surface area contributed by atoms with Crippen LogP contribution in [0.15, 0.2) is 59.8 Å². The van der Waals surface area contributed by atoms with Crippen LogP contribution in [0.25, 0.3) is 10.8 Å². The molecule has 0 aliphatic carbocycles. The number of fused-ring (bicyclic) bond motifs is 1. The van der Waals surface area contributed by atoms with Crippen molar-refractivity contribution in [3.05, 3.63) is 71.5 Å². The number of nitrogens with zero attached hydrogens (tertiary/aromatic N) is 2. The average Bonchev–Trinajstić information content (AvgIpc) is 2.66. The first-order valence-corrected chi connectivity index (χ1v) is 9.45. The first kappa shape index (κ1) is 18.9. The molecule has 1 heterocycles. The summed E-state index contributed by atoms with van der Waals surface area (Å²) in [7, 11) is 0. The summed E-state index contributed by atoms with van der Waals surface area (Å²) >= 11 is 1.32.